The maximum atomic E-state index is 12.7. The number of aryl methyl sites for hydroxylation is 2. The maximum absolute atomic E-state index is 12.7. The molecule has 206 valence electrons. The minimum absolute atomic E-state index is 0.0296. The Morgan fingerprint density at radius 3 is 2.68 bits per heavy atom. The van der Waals surface area contributed by atoms with E-state index in [0.29, 0.717) is 18.7 Å². The van der Waals surface area contributed by atoms with Gasteiger partial charge in [-0.05, 0) is 77.6 Å². The van der Waals surface area contributed by atoms with Crippen LogP contribution < -0.4 is 10.9 Å². The molecule has 1 aliphatic rings. The van der Waals surface area contributed by atoms with Crippen molar-refractivity contribution in [3.05, 3.63) is 51.9 Å². The van der Waals surface area contributed by atoms with Crippen molar-refractivity contribution in [1.82, 2.24) is 19.4 Å². The minimum atomic E-state index is -0.915. The highest BCUT2D eigenvalue weighted by molar-refractivity contribution is 5.81. The van der Waals surface area contributed by atoms with Gasteiger partial charge >= 0.3 is 5.97 Å². The van der Waals surface area contributed by atoms with Gasteiger partial charge in [-0.15, -0.1) is 0 Å². The third-order valence-corrected chi connectivity index (χ3v) is 6.76. The van der Waals surface area contributed by atoms with Crippen molar-refractivity contribution < 1.29 is 19.4 Å². The van der Waals surface area contributed by atoms with Gasteiger partial charge in [-0.3, -0.25) is 14.9 Å². The lowest BCUT2D eigenvalue weighted by Gasteiger charge is -2.26. The highest BCUT2D eigenvalue weighted by atomic mass is 16.6. The van der Waals surface area contributed by atoms with Gasteiger partial charge in [-0.25, -0.2) is 4.98 Å². The number of ether oxygens (including phenoxy) is 2. The van der Waals surface area contributed by atoms with Crippen molar-refractivity contribution in [2.24, 2.45) is 7.05 Å². The monoisotopic (exact) mass is 524 g/mol. The summed E-state index contributed by atoms with van der Waals surface area (Å²) in [6, 6.07) is 7.03. The van der Waals surface area contributed by atoms with E-state index in [4.69, 9.17) is 14.5 Å². The summed E-state index contributed by atoms with van der Waals surface area (Å²) in [6.45, 7) is 10.6. The number of hydrogen-bond acceptors (Lipinski definition) is 7. The van der Waals surface area contributed by atoms with Crippen molar-refractivity contribution in [3.63, 3.8) is 0 Å². The Morgan fingerprint density at radius 1 is 1.29 bits per heavy atom. The second-order valence-electron chi connectivity index (χ2n) is 11.3. The topological polar surface area (TPSA) is 108 Å². The zero-order valence-corrected chi connectivity index (χ0v) is 23.3. The van der Waals surface area contributed by atoms with Gasteiger partial charge in [0.15, 0.2) is 0 Å². The van der Waals surface area contributed by atoms with E-state index in [1.165, 1.54) is 0 Å². The molecule has 0 bridgehead atoms. The van der Waals surface area contributed by atoms with E-state index >= 15 is 0 Å². The summed E-state index contributed by atoms with van der Waals surface area (Å²) in [7, 11) is 1.75. The summed E-state index contributed by atoms with van der Waals surface area (Å²) >= 11 is 0. The number of esters is 1. The number of pyridine rings is 1. The molecule has 0 spiro atoms. The Balaban J connectivity index is 1.68. The van der Waals surface area contributed by atoms with Gasteiger partial charge in [0.1, 0.15) is 17.5 Å². The van der Waals surface area contributed by atoms with E-state index < -0.39 is 23.7 Å². The first-order valence-electron chi connectivity index (χ1n) is 13.4. The van der Waals surface area contributed by atoms with Crippen LogP contribution >= 0.6 is 0 Å². The zero-order valence-electron chi connectivity index (χ0n) is 23.3. The number of imidazole rings is 1. The van der Waals surface area contributed by atoms with E-state index in [1.54, 1.807) is 39.3 Å². The molecule has 3 aromatic rings. The van der Waals surface area contributed by atoms with Crippen LogP contribution in [0.2, 0.25) is 0 Å². The molecule has 2 N–H and O–H groups in total. The molecule has 1 aromatic carbocycles. The van der Waals surface area contributed by atoms with Gasteiger partial charge < -0.3 is 23.7 Å². The fourth-order valence-electron chi connectivity index (χ4n) is 4.88. The van der Waals surface area contributed by atoms with Crippen LogP contribution in [0.1, 0.15) is 58.1 Å². The molecule has 9 nitrogen and oxygen atoms in total. The zero-order chi connectivity index (χ0) is 27.6. The number of aliphatic hydroxyl groups excluding tert-OH is 1. The molecule has 3 atom stereocenters. The number of benzene rings is 1. The van der Waals surface area contributed by atoms with Crippen LogP contribution in [-0.4, -0.2) is 55.7 Å². The quantitative estimate of drug-likeness (QED) is 0.435. The molecule has 0 aliphatic carbocycles. The van der Waals surface area contributed by atoms with Crippen molar-refractivity contribution in [1.29, 1.82) is 0 Å². The van der Waals surface area contributed by atoms with Crippen molar-refractivity contribution in [2.75, 3.05) is 6.61 Å². The van der Waals surface area contributed by atoms with Crippen molar-refractivity contribution >= 4 is 17.0 Å². The fourth-order valence-corrected chi connectivity index (χ4v) is 4.88. The van der Waals surface area contributed by atoms with Gasteiger partial charge in [0.05, 0.1) is 29.8 Å². The summed E-state index contributed by atoms with van der Waals surface area (Å²) in [5.41, 5.74) is 3.59. The van der Waals surface area contributed by atoms with Gasteiger partial charge in [0.2, 0.25) is 0 Å². The van der Waals surface area contributed by atoms with Crippen molar-refractivity contribution in [2.45, 2.75) is 90.8 Å². The molecule has 2 aromatic heterocycles. The smallest absolute Gasteiger partial charge is 0.326 e. The lowest BCUT2D eigenvalue weighted by atomic mass is 10.1. The number of carbonyl (C=O) groups excluding carboxylic acids is 1. The molecule has 3 unspecified atom stereocenters. The molecule has 38 heavy (non-hydrogen) atoms. The maximum Gasteiger partial charge on any atom is 0.326 e. The van der Waals surface area contributed by atoms with Gasteiger partial charge in [0, 0.05) is 37.5 Å². The average molecular weight is 525 g/mol. The van der Waals surface area contributed by atoms with Crippen molar-refractivity contribution in [3.8, 4) is 11.4 Å². The number of aliphatic hydroxyl groups is 1. The van der Waals surface area contributed by atoms with Gasteiger partial charge in [0.25, 0.3) is 5.56 Å². The van der Waals surface area contributed by atoms with Gasteiger partial charge in [-0.1, -0.05) is 6.07 Å². The standard InChI is InChI=1S/C29H40N4O5/c1-18-13-21(16-32(6)27(18)35)26-31-23-11-10-20(14-24(23)33(26)17-22-9-7-8-12-37-22)15-30-25(19(2)34)28(36)38-29(3,4)5/h10-11,13-14,16,19,22,25,30,34H,7-9,12,15,17H2,1-6H3. The molecule has 0 saturated carbocycles. The molecule has 4 rings (SSSR count). The number of nitrogens with one attached hydrogen (secondary N) is 1. The van der Waals surface area contributed by atoms with Crippen LogP contribution in [0.25, 0.3) is 22.4 Å². The van der Waals surface area contributed by atoms with Crippen LogP contribution in [0.3, 0.4) is 0 Å². The lowest BCUT2D eigenvalue weighted by molar-refractivity contribution is -0.160. The highest BCUT2D eigenvalue weighted by Gasteiger charge is 2.28. The first kappa shape index (κ1) is 28.0. The van der Waals surface area contributed by atoms with Crippen LogP contribution in [0.4, 0.5) is 0 Å². The summed E-state index contributed by atoms with van der Waals surface area (Å²) < 4.78 is 15.3. The summed E-state index contributed by atoms with van der Waals surface area (Å²) in [5, 5.41) is 13.4. The second-order valence-corrected chi connectivity index (χ2v) is 11.3. The predicted octanol–water partition coefficient (Wildman–Crippen LogP) is 3.46. The number of aromatic nitrogens is 3. The highest BCUT2D eigenvalue weighted by Crippen LogP contribution is 2.28. The summed E-state index contributed by atoms with van der Waals surface area (Å²) in [5.74, 6) is 0.300. The summed E-state index contributed by atoms with van der Waals surface area (Å²) in [6.07, 6.45) is 4.19. The SMILES string of the molecule is Cc1cc(-c2nc3ccc(CNC(C(=O)OC(C)(C)C)C(C)O)cc3n2CC2CCCCO2)cn(C)c1=O. The number of nitrogens with zero attached hydrogens (tertiary/aromatic N) is 3. The number of carbonyl (C=O) groups is 1. The molecule has 3 heterocycles. The Bertz CT molecular complexity index is 1320. The molecule has 0 amide bonds. The number of rotatable bonds is 8. The molecular weight excluding hydrogens is 484 g/mol. The molecule has 0 radical (unpaired) electrons. The van der Waals surface area contributed by atoms with E-state index in [2.05, 4.69) is 16.0 Å². The van der Waals surface area contributed by atoms with Gasteiger partial charge in [-0.2, -0.15) is 0 Å². The Morgan fingerprint density at radius 2 is 2.05 bits per heavy atom. The average Bonchev–Trinajstić information content (AvgIpc) is 3.19. The number of fused-ring (bicyclic) bond motifs is 1. The van der Waals surface area contributed by atoms with E-state index in [9.17, 15) is 14.7 Å². The Kier molecular flexibility index (Phi) is 8.40. The molecule has 1 fully saturated rings. The Labute approximate surface area is 223 Å². The first-order valence-corrected chi connectivity index (χ1v) is 13.4. The predicted molar refractivity (Wildman–Crippen MR) is 147 cm³/mol. The van der Waals surface area contributed by atoms with Crippen LogP contribution in [0.15, 0.2) is 35.3 Å². The van der Waals surface area contributed by atoms with Crippen LogP contribution in [-0.2, 0) is 34.4 Å². The van der Waals surface area contributed by atoms with E-state index in [1.807, 2.05) is 31.3 Å². The van der Waals surface area contributed by atoms with Crippen LogP contribution in [0.5, 0.6) is 0 Å². The number of hydrogen-bond donors (Lipinski definition) is 2. The molecule has 9 heteroatoms. The fraction of sp³-hybridized carbons (Fsp3) is 0.552. The largest absolute Gasteiger partial charge is 0.459 e. The minimum Gasteiger partial charge on any atom is -0.459 e. The molecule has 1 saturated heterocycles. The van der Waals surface area contributed by atoms with E-state index in [0.717, 1.165) is 53.9 Å². The second kappa shape index (κ2) is 11.4. The normalized spacial score (nSPS) is 17.9. The third kappa shape index (κ3) is 6.51. The lowest BCUT2D eigenvalue weighted by Crippen LogP contribution is -2.47. The molecular formula is C29H40N4O5. The Hall–Kier alpha value is -3.01. The van der Waals surface area contributed by atoms with Crippen LogP contribution in [0, 0.1) is 6.92 Å². The first-order chi connectivity index (χ1) is 17.9. The third-order valence-electron chi connectivity index (χ3n) is 6.76. The molecule has 1 aliphatic heterocycles. The summed E-state index contributed by atoms with van der Waals surface area (Å²) in [4.78, 5) is 29.9. The van der Waals surface area contributed by atoms with E-state index in [-0.39, 0.29) is 11.7 Å².